The summed E-state index contributed by atoms with van der Waals surface area (Å²) in [5.41, 5.74) is -1.07. The number of esters is 1. The van der Waals surface area contributed by atoms with Gasteiger partial charge in [-0.2, -0.15) is 0 Å². The molecule has 0 saturated carbocycles. The Hall–Kier alpha value is -3.88. The predicted molar refractivity (Wildman–Crippen MR) is 122 cm³/mol. The molecule has 1 unspecified atom stereocenters. The van der Waals surface area contributed by atoms with Gasteiger partial charge in [0.15, 0.2) is 5.60 Å². The first kappa shape index (κ1) is 26.4. The van der Waals surface area contributed by atoms with Gasteiger partial charge in [-0.05, 0) is 51.8 Å². The maximum atomic E-state index is 12.8. The van der Waals surface area contributed by atoms with Crippen LogP contribution < -0.4 is 5.32 Å². The van der Waals surface area contributed by atoms with E-state index in [2.05, 4.69) is 5.32 Å². The van der Waals surface area contributed by atoms with Crippen molar-refractivity contribution in [2.24, 2.45) is 0 Å². The number of carboxylic acid groups (broad SMARTS) is 2. The Labute approximate surface area is 197 Å². The lowest BCUT2D eigenvalue weighted by Gasteiger charge is -2.31. The zero-order valence-corrected chi connectivity index (χ0v) is 19.5. The fraction of sp³-hybridized carbons (Fsp3) is 0.360. The third-order valence-electron chi connectivity index (χ3n) is 4.93. The maximum Gasteiger partial charge on any atom is 0.408 e. The summed E-state index contributed by atoms with van der Waals surface area (Å²) >= 11 is 0. The smallest absolute Gasteiger partial charge is 0.408 e. The molecule has 0 aromatic heterocycles. The van der Waals surface area contributed by atoms with Gasteiger partial charge in [0.25, 0.3) is 0 Å². The normalized spacial score (nSPS) is 13.8. The van der Waals surface area contributed by atoms with Crippen LogP contribution in [0.15, 0.2) is 54.6 Å². The van der Waals surface area contributed by atoms with Gasteiger partial charge in [0.2, 0.25) is 0 Å². The molecule has 182 valence electrons. The molecule has 2 aromatic carbocycles. The Balaban J connectivity index is 2.21. The van der Waals surface area contributed by atoms with Crippen LogP contribution in [-0.2, 0) is 24.7 Å². The number of hydrogen-bond acceptors (Lipinski definition) is 6. The predicted octanol–water partition coefficient (Wildman–Crippen LogP) is 3.95. The van der Waals surface area contributed by atoms with Crippen molar-refractivity contribution in [2.75, 3.05) is 0 Å². The third kappa shape index (κ3) is 7.33. The van der Waals surface area contributed by atoms with Crippen molar-refractivity contribution in [3.05, 3.63) is 71.3 Å². The minimum absolute atomic E-state index is 0.0307. The number of rotatable bonds is 9. The SMILES string of the molecule is CC(C)(C)OC(=O)N[C@@H](CCC(=O)OC(C)(c1ccccc1)c1cccc(C(=O)O)c1)C(=O)O. The largest absolute Gasteiger partial charge is 0.480 e. The Bertz CT molecular complexity index is 1040. The highest BCUT2D eigenvalue weighted by Crippen LogP contribution is 2.34. The fourth-order valence-electron chi connectivity index (χ4n) is 3.24. The summed E-state index contributed by atoms with van der Waals surface area (Å²) in [5, 5.41) is 21.0. The van der Waals surface area contributed by atoms with Crippen LogP contribution in [-0.4, -0.2) is 45.9 Å². The number of nitrogens with one attached hydrogen (secondary N) is 1. The summed E-state index contributed by atoms with van der Waals surface area (Å²) in [6.45, 7) is 6.56. The number of aromatic carboxylic acids is 1. The number of amides is 1. The van der Waals surface area contributed by atoms with Crippen LogP contribution in [0.25, 0.3) is 0 Å². The second-order valence-corrected chi connectivity index (χ2v) is 8.84. The Morgan fingerprint density at radius 2 is 1.50 bits per heavy atom. The van der Waals surface area contributed by atoms with Crippen LogP contribution in [0.5, 0.6) is 0 Å². The van der Waals surface area contributed by atoms with Crippen LogP contribution in [0, 0.1) is 0 Å². The molecule has 0 aliphatic carbocycles. The van der Waals surface area contributed by atoms with E-state index in [4.69, 9.17) is 9.47 Å². The minimum Gasteiger partial charge on any atom is -0.480 e. The Kier molecular flexibility index (Phi) is 8.40. The monoisotopic (exact) mass is 471 g/mol. The number of hydrogen-bond donors (Lipinski definition) is 3. The summed E-state index contributed by atoms with van der Waals surface area (Å²) < 4.78 is 10.9. The Morgan fingerprint density at radius 1 is 0.882 bits per heavy atom. The topological polar surface area (TPSA) is 139 Å². The standard InChI is InChI=1S/C25H29NO8/c1-24(2,3)34-23(32)26-19(22(30)31)13-14-20(27)33-25(4,17-10-6-5-7-11-17)18-12-8-9-16(15-18)21(28)29/h5-12,15,19H,13-14H2,1-4H3,(H,26,32)(H,28,29)(H,30,31)/t19-,25?/m0/s1. The molecule has 3 N–H and O–H groups in total. The molecule has 0 heterocycles. The van der Waals surface area contributed by atoms with Gasteiger partial charge in [0.05, 0.1) is 5.56 Å². The molecule has 2 aromatic rings. The van der Waals surface area contributed by atoms with E-state index in [0.717, 1.165) is 0 Å². The molecule has 0 radical (unpaired) electrons. The summed E-state index contributed by atoms with van der Waals surface area (Å²) in [4.78, 5) is 47.7. The zero-order chi connectivity index (χ0) is 25.5. The fourth-order valence-corrected chi connectivity index (χ4v) is 3.24. The van der Waals surface area contributed by atoms with Crippen molar-refractivity contribution >= 4 is 24.0 Å². The molecule has 9 heteroatoms. The highest BCUT2D eigenvalue weighted by Gasteiger charge is 2.34. The molecule has 0 saturated heterocycles. The average molecular weight is 472 g/mol. The number of ether oxygens (including phenoxy) is 2. The van der Waals surface area contributed by atoms with E-state index in [1.54, 1.807) is 70.2 Å². The molecule has 0 bridgehead atoms. The van der Waals surface area contributed by atoms with E-state index >= 15 is 0 Å². The second kappa shape index (κ2) is 10.8. The Morgan fingerprint density at radius 3 is 2.06 bits per heavy atom. The van der Waals surface area contributed by atoms with E-state index in [9.17, 15) is 29.4 Å². The van der Waals surface area contributed by atoms with Gasteiger partial charge in [-0.15, -0.1) is 0 Å². The summed E-state index contributed by atoms with van der Waals surface area (Å²) in [7, 11) is 0. The van der Waals surface area contributed by atoms with Crippen LogP contribution in [0.4, 0.5) is 4.79 Å². The van der Waals surface area contributed by atoms with Gasteiger partial charge in [-0.1, -0.05) is 42.5 Å². The lowest BCUT2D eigenvalue weighted by Crippen LogP contribution is -2.43. The van der Waals surface area contributed by atoms with E-state index in [1.807, 2.05) is 0 Å². The van der Waals surface area contributed by atoms with E-state index < -0.39 is 41.2 Å². The van der Waals surface area contributed by atoms with E-state index in [0.29, 0.717) is 11.1 Å². The number of carbonyl (C=O) groups excluding carboxylic acids is 2. The van der Waals surface area contributed by atoms with Gasteiger partial charge in [-0.3, -0.25) is 4.79 Å². The number of benzene rings is 2. The summed E-state index contributed by atoms with van der Waals surface area (Å²) in [6.07, 6.45) is -1.45. The lowest BCUT2D eigenvalue weighted by molar-refractivity contribution is -0.155. The summed E-state index contributed by atoms with van der Waals surface area (Å²) in [5.74, 6) is -3.16. The first-order valence-corrected chi connectivity index (χ1v) is 10.7. The van der Waals surface area contributed by atoms with Gasteiger partial charge >= 0.3 is 24.0 Å². The zero-order valence-electron chi connectivity index (χ0n) is 19.5. The molecule has 0 aliphatic heterocycles. The van der Waals surface area contributed by atoms with Crippen LogP contribution in [0.2, 0.25) is 0 Å². The van der Waals surface area contributed by atoms with Crippen LogP contribution >= 0.6 is 0 Å². The van der Waals surface area contributed by atoms with Gasteiger partial charge < -0.3 is 25.0 Å². The quantitative estimate of drug-likeness (QED) is 0.467. The number of aliphatic carboxylic acids is 1. The lowest BCUT2D eigenvalue weighted by atomic mass is 9.87. The molecule has 2 atom stereocenters. The minimum atomic E-state index is -1.36. The van der Waals surface area contributed by atoms with Crippen molar-refractivity contribution < 1.29 is 38.9 Å². The highest BCUT2D eigenvalue weighted by atomic mass is 16.6. The molecule has 9 nitrogen and oxygen atoms in total. The average Bonchev–Trinajstić information content (AvgIpc) is 2.75. The number of alkyl carbamates (subject to hydrolysis) is 1. The number of carbonyl (C=O) groups is 4. The first-order chi connectivity index (χ1) is 15.8. The van der Waals surface area contributed by atoms with Crippen LogP contribution in [0.1, 0.15) is 62.0 Å². The summed E-state index contributed by atoms with van der Waals surface area (Å²) in [6, 6.07) is 13.5. The molecule has 1 amide bonds. The molecule has 0 spiro atoms. The van der Waals surface area contributed by atoms with Crippen molar-refractivity contribution in [1.29, 1.82) is 0 Å². The number of carboxylic acids is 2. The second-order valence-electron chi connectivity index (χ2n) is 8.84. The van der Waals surface area contributed by atoms with Gasteiger partial charge in [0.1, 0.15) is 11.6 Å². The maximum absolute atomic E-state index is 12.8. The highest BCUT2D eigenvalue weighted by molar-refractivity contribution is 5.88. The van der Waals surface area contributed by atoms with Crippen molar-refractivity contribution in [3.8, 4) is 0 Å². The molecule has 0 aliphatic rings. The molecule has 34 heavy (non-hydrogen) atoms. The third-order valence-corrected chi connectivity index (χ3v) is 4.93. The molecule has 0 fully saturated rings. The van der Waals surface area contributed by atoms with E-state index in [-0.39, 0.29) is 18.4 Å². The van der Waals surface area contributed by atoms with Gasteiger partial charge in [-0.25, -0.2) is 14.4 Å². The van der Waals surface area contributed by atoms with Crippen molar-refractivity contribution in [3.63, 3.8) is 0 Å². The molecular weight excluding hydrogens is 442 g/mol. The molecular formula is C25H29NO8. The van der Waals surface area contributed by atoms with Gasteiger partial charge in [0, 0.05) is 12.0 Å². The van der Waals surface area contributed by atoms with E-state index in [1.165, 1.54) is 12.1 Å². The first-order valence-electron chi connectivity index (χ1n) is 10.7. The molecule has 2 rings (SSSR count). The van der Waals surface area contributed by atoms with Crippen LogP contribution in [0.3, 0.4) is 0 Å². The van der Waals surface area contributed by atoms with Crippen molar-refractivity contribution in [1.82, 2.24) is 5.32 Å². The van der Waals surface area contributed by atoms with Crippen molar-refractivity contribution in [2.45, 2.75) is 57.8 Å².